The van der Waals surface area contributed by atoms with E-state index in [-0.39, 0.29) is 0 Å². The van der Waals surface area contributed by atoms with Crippen LogP contribution in [0, 0.1) is 11.3 Å². The van der Waals surface area contributed by atoms with Crippen LogP contribution in [0.1, 0.15) is 50.3 Å². The van der Waals surface area contributed by atoms with Crippen molar-refractivity contribution in [2.75, 3.05) is 11.9 Å². The first-order chi connectivity index (χ1) is 10.4. The van der Waals surface area contributed by atoms with Crippen LogP contribution in [0.3, 0.4) is 0 Å². The van der Waals surface area contributed by atoms with E-state index in [1.165, 1.54) is 22.4 Å². The highest BCUT2D eigenvalue weighted by Crippen LogP contribution is 2.46. The van der Waals surface area contributed by atoms with Crippen molar-refractivity contribution in [1.82, 2.24) is 0 Å². The molecule has 1 aliphatic heterocycles. The molecule has 2 aromatic rings. The van der Waals surface area contributed by atoms with E-state index in [0.29, 0.717) is 17.3 Å². The van der Waals surface area contributed by atoms with Crippen molar-refractivity contribution in [2.45, 2.75) is 40.0 Å². The minimum atomic E-state index is 0.293. The van der Waals surface area contributed by atoms with Crippen LogP contribution in [-0.4, -0.2) is 6.54 Å². The van der Waals surface area contributed by atoms with Crippen LogP contribution in [0.15, 0.2) is 48.5 Å². The standard InChI is InChI=1S/C21H27N/c1-15-14-22-19-11-10-17(12-16-8-6-5-7-9-16)13-18(19)20(15)21(2,3)4/h5-11,13,15,20,22H,12,14H2,1-4H3. The Labute approximate surface area is 134 Å². The lowest BCUT2D eigenvalue weighted by molar-refractivity contribution is 0.248. The molecular weight excluding hydrogens is 266 g/mol. The highest BCUT2D eigenvalue weighted by molar-refractivity contribution is 5.57. The smallest absolute Gasteiger partial charge is 0.0376 e. The molecule has 0 aromatic heterocycles. The fourth-order valence-electron chi connectivity index (χ4n) is 3.99. The first-order valence-corrected chi connectivity index (χ1v) is 8.36. The Hall–Kier alpha value is -1.76. The summed E-state index contributed by atoms with van der Waals surface area (Å²) in [6.45, 7) is 10.6. The number of nitrogens with one attached hydrogen (secondary N) is 1. The van der Waals surface area contributed by atoms with Crippen molar-refractivity contribution in [3.8, 4) is 0 Å². The van der Waals surface area contributed by atoms with Crippen LogP contribution in [-0.2, 0) is 6.42 Å². The Morgan fingerprint density at radius 3 is 2.41 bits per heavy atom. The van der Waals surface area contributed by atoms with Crippen molar-refractivity contribution >= 4 is 5.69 Å². The van der Waals surface area contributed by atoms with Crippen molar-refractivity contribution < 1.29 is 0 Å². The number of hydrogen-bond donors (Lipinski definition) is 1. The number of benzene rings is 2. The molecule has 0 radical (unpaired) electrons. The summed E-state index contributed by atoms with van der Waals surface area (Å²) >= 11 is 0. The molecule has 1 aliphatic rings. The minimum Gasteiger partial charge on any atom is -0.385 e. The second-order valence-corrected chi connectivity index (χ2v) is 7.79. The number of hydrogen-bond acceptors (Lipinski definition) is 1. The zero-order valence-corrected chi connectivity index (χ0v) is 14.2. The van der Waals surface area contributed by atoms with Gasteiger partial charge in [-0.15, -0.1) is 0 Å². The summed E-state index contributed by atoms with van der Waals surface area (Å²) < 4.78 is 0. The van der Waals surface area contributed by atoms with Gasteiger partial charge in [-0.3, -0.25) is 0 Å². The molecule has 0 aliphatic carbocycles. The molecular formula is C21H27N. The molecule has 0 spiro atoms. The molecule has 0 saturated carbocycles. The first kappa shape index (κ1) is 15.1. The van der Waals surface area contributed by atoms with E-state index in [0.717, 1.165) is 13.0 Å². The summed E-state index contributed by atoms with van der Waals surface area (Å²) in [7, 11) is 0. The average molecular weight is 293 g/mol. The number of anilines is 1. The predicted molar refractivity (Wildman–Crippen MR) is 95.5 cm³/mol. The van der Waals surface area contributed by atoms with Crippen molar-refractivity contribution in [1.29, 1.82) is 0 Å². The van der Waals surface area contributed by atoms with E-state index < -0.39 is 0 Å². The van der Waals surface area contributed by atoms with E-state index in [2.05, 4.69) is 81.5 Å². The topological polar surface area (TPSA) is 12.0 Å². The second-order valence-electron chi connectivity index (χ2n) is 7.79. The molecule has 22 heavy (non-hydrogen) atoms. The van der Waals surface area contributed by atoms with Gasteiger partial charge in [0.05, 0.1) is 0 Å². The van der Waals surface area contributed by atoms with Crippen LogP contribution < -0.4 is 5.32 Å². The minimum absolute atomic E-state index is 0.293. The summed E-state index contributed by atoms with van der Waals surface area (Å²) in [6, 6.07) is 17.7. The third-order valence-corrected chi connectivity index (χ3v) is 4.82. The Morgan fingerprint density at radius 2 is 1.73 bits per heavy atom. The third kappa shape index (κ3) is 3.04. The summed E-state index contributed by atoms with van der Waals surface area (Å²) in [5.41, 5.74) is 5.91. The molecule has 116 valence electrons. The molecule has 0 fully saturated rings. The molecule has 1 N–H and O–H groups in total. The van der Waals surface area contributed by atoms with Crippen LogP contribution in [0.4, 0.5) is 5.69 Å². The van der Waals surface area contributed by atoms with Gasteiger partial charge in [0.2, 0.25) is 0 Å². The van der Waals surface area contributed by atoms with Gasteiger partial charge in [0.25, 0.3) is 0 Å². The van der Waals surface area contributed by atoms with Gasteiger partial charge in [-0.1, -0.05) is 70.2 Å². The lowest BCUT2D eigenvalue weighted by Gasteiger charge is -2.41. The monoisotopic (exact) mass is 293 g/mol. The van der Waals surface area contributed by atoms with Gasteiger partial charge >= 0.3 is 0 Å². The van der Waals surface area contributed by atoms with Gasteiger partial charge in [0.1, 0.15) is 0 Å². The van der Waals surface area contributed by atoms with Gasteiger partial charge in [0, 0.05) is 12.2 Å². The predicted octanol–water partition coefficient (Wildman–Crippen LogP) is 5.47. The van der Waals surface area contributed by atoms with E-state index in [1.807, 2.05) is 0 Å². The molecule has 0 saturated heterocycles. The van der Waals surface area contributed by atoms with Gasteiger partial charge in [0.15, 0.2) is 0 Å². The molecule has 1 heteroatoms. The highest BCUT2D eigenvalue weighted by Gasteiger charge is 2.35. The van der Waals surface area contributed by atoms with Crippen molar-refractivity contribution in [3.63, 3.8) is 0 Å². The summed E-state index contributed by atoms with van der Waals surface area (Å²) in [6.07, 6.45) is 1.01. The fourth-order valence-corrected chi connectivity index (χ4v) is 3.99. The molecule has 0 bridgehead atoms. The van der Waals surface area contributed by atoms with Crippen LogP contribution >= 0.6 is 0 Å². The van der Waals surface area contributed by atoms with Crippen molar-refractivity contribution in [3.05, 3.63) is 65.2 Å². The van der Waals surface area contributed by atoms with Gasteiger partial charge in [-0.25, -0.2) is 0 Å². The molecule has 2 aromatic carbocycles. The Morgan fingerprint density at radius 1 is 1.00 bits per heavy atom. The van der Waals surface area contributed by atoms with Crippen LogP contribution in [0.25, 0.3) is 0 Å². The summed E-state index contributed by atoms with van der Waals surface area (Å²) in [4.78, 5) is 0. The SMILES string of the molecule is CC1CNc2ccc(Cc3ccccc3)cc2C1C(C)(C)C. The molecule has 2 atom stereocenters. The molecule has 1 heterocycles. The zero-order chi connectivity index (χ0) is 15.7. The Kier molecular flexibility index (Phi) is 3.99. The van der Waals surface area contributed by atoms with E-state index in [1.54, 1.807) is 0 Å². The highest BCUT2D eigenvalue weighted by atomic mass is 14.9. The second kappa shape index (κ2) is 5.79. The largest absolute Gasteiger partial charge is 0.385 e. The molecule has 2 unspecified atom stereocenters. The van der Waals surface area contributed by atoms with Gasteiger partial charge in [-0.2, -0.15) is 0 Å². The lowest BCUT2D eigenvalue weighted by atomic mass is 9.68. The Bertz CT molecular complexity index is 637. The zero-order valence-electron chi connectivity index (χ0n) is 14.2. The molecule has 0 amide bonds. The quantitative estimate of drug-likeness (QED) is 0.774. The number of rotatable bonds is 2. The van der Waals surface area contributed by atoms with E-state index in [4.69, 9.17) is 0 Å². The van der Waals surface area contributed by atoms with E-state index >= 15 is 0 Å². The van der Waals surface area contributed by atoms with Crippen molar-refractivity contribution in [2.24, 2.45) is 11.3 Å². The number of fused-ring (bicyclic) bond motifs is 1. The van der Waals surface area contributed by atoms with Crippen LogP contribution in [0.2, 0.25) is 0 Å². The average Bonchev–Trinajstić information content (AvgIpc) is 2.46. The van der Waals surface area contributed by atoms with Gasteiger partial charge < -0.3 is 5.32 Å². The summed E-state index contributed by atoms with van der Waals surface area (Å²) in [5.74, 6) is 1.28. The maximum absolute atomic E-state index is 3.61. The van der Waals surface area contributed by atoms with Gasteiger partial charge in [-0.05, 0) is 46.4 Å². The third-order valence-electron chi connectivity index (χ3n) is 4.82. The maximum Gasteiger partial charge on any atom is 0.0376 e. The normalized spacial score (nSPS) is 21.1. The summed E-state index contributed by atoms with van der Waals surface area (Å²) in [5, 5.41) is 3.61. The molecule has 3 rings (SSSR count). The van der Waals surface area contributed by atoms with E-state index in [9.17, 15) is 0 Å². The fraction of sp³-hybridized carbons (Fsp3) is 0.429. The Balaban J connectivity index is 1.96. The lowest BCUT2D eigenvalue weighted by Crippen LogP contribution is -2.33. The molecule has 1 nitrogen and oxygen atoms in total. The first-order valence-electron chi connectivity index (χ1n) is 8.36. The maximum atomic E-state index is 3.61. The van der Waals surface area contributed by atoms with Crippen LogP contribution in [0.5, 0.6) is 0 Å².